The fourth-order valence-electron chi connectivity index (χ4n) is 2.52. The van der Waals surface area contributed by atoms with Gasteiger partial charge >= 0.3 is 0 Å². The van der Waals surface area contributed by atoms with Crippen LogP contribution in [-0.4, -0.2) is 9.97 Å². The third-order valence-electron chi connectivity index (χ3n) is 3.84. The second kappa shape index (κ2) is 3.59. The van der Waals surface area contributed by atoms with Crippen molar-refractivity contribution in [3.8, 4) is 6.07 Å². The van der Waals surface area contributed by atoms with E-state index in [1.807, 2.05) is 6.07 Å². The van der Waals surface area contributed by atoms with Crippen molar-refractivity contribution in [3.05, 3.63) is 29.6 Å². The quantitative estimate of drug-likeness (QED) is 0.853. The van der Waals surface area contributed by atoms with E-state index >= 15 is 0 Å². The summed E-state index contributed by atoms with van der Waals surface area (Å²) in [5, 5.41) is 9.34. The number of aromatic amines is 1. The van der Waals surface area contributed by atoms with Crippen LogP contribution < -0.4 is 0 Å². The Hall–Kier alpha value is -1.82. The van der Waals surface area contributed by atoms with Gasteiger partial charge < -0.3 is 4.98 Å². The first-order chi connectivity index (χ1) is 8.27. The van der Waals surface area contributed by atoms with Crippen LogP contribution in [0.4, 0.5) is 0 Å². The summed E-state index contributed by atoms with van der Waals surface area (Å²) in [5.41, 5.74) is 2.97. The van der Waals surface area contributed by atoms with Crippen LogP contribution in [0.5, 0.6) is 0 Å². The highest BCUT2D eigenvalue weighted by Gasteiger charge is 2.39. The van der Waals surface area contributed by atoms with Gasteiger partial charge in [0, 0.05) is 6.42 Å². The molecule has 3 heteroatoms. The van der Waals surface area contributed by atoms with Crippen LogP contribution in [0, 0.1) is 11.3 Å². The third-order valence-corrected chi connectivity index (χ3v) is 3.84. The lowest BCUT2D eigenvalue weighted by Gasteiger charge is -2.35. The summed E-state index contributed by atoms with van der Waals surface area (Å²) in [7, 11) is 0. The lowest BCUT2D eigenvalue weighted by Crippen LogP contribution is -2.32. The van der Waals surface area contributed by atoms with Crippen molar-refractivity contribution in [3.63, 3.8) is 0 Å². The average molecular weight is 225 g/mol. The highest BCUT2D eigenvalue weighted by Crippen LogP contribution is 2.43. The smallest absolute Gasteiger partial charge is 0.106 e. The molecule has 1 fully saturated rings. The Kier molecular flexibility index (Phi) is 2.19. The summed E-state index contributed by atoms with van der Waals surface area (Å²) in [5.74, 6) is 1.01. The van der Waals surface area contributed by atoms with E-state index in [-0.39, 0.29) is 5.41 Å². The van der Waals surface area contributed by atoms with Crippen molar-refractivity contribution >= 4 is 11.0 Å². The number of imidazole rings is 1. The standard InChI is InChI=1S/C14H15N3/c1-2-13-16-11-5-4-10(8-12(11)17-13)14(9-15)6-3-7-14/h4-5,8H,2-3,6-7H2,1H3,(H,16,17). The van der Waals surface area contributed by atoms with Gasteiger partial charge in [-0.05, 0) is 37.0 Å². The molecule has 1 N–H and O–H groups in total. The second-order valence-electron chi connectivity index (χ2n) is 4.82. The molecule has 1 aromatic heterocycles. The number of rotatable bonds is 2. The molecule has 0 radical (unpaired) electrons. The first-order valence-corrected chi connectivity index (χ1v) is 6.18. The molecule has 17 heavy (non-hydrogen) atoms. The topological polar surface area (TPSA) is 52.5 Å². The van der Waals surface area contributed by atoms with Crippen LogP contribution in [0.3, 0.4) is 0 Å². The number of nitriles is 1. The maximum Gasteiger partial charge on any atom is 0.106 e. The van der Waals surface area contributed by atoms with Gasteiger partial charge in [0.25, 0.3) is 0 Å². The molecule has 0 unspecified atom stereocenters. The number of nitrogens with zero attached hydrogens (tertiary/aromatic N) is 2. The lowest BCUT2D eigenvalue weighted by molar-refractivity contribution is 0.324. The maximum atomic E-state index is 9.34. The Labute approximate surface area is 100 Å². The first-order valence-electron chi connectivity index (χ1n) is 6.18. The van der Waals surface area contributed by atoms with E-state index in [2.05, 4.69) is 35.1 Å². The molecule has 86 valence electrons. The van der Waals surface area contributed by atoms with Gasteiger partial charge in [-0.25, -0.2) is 4.98 Å². The summed E-state index contributed by atoms with van der Waals surface area (Å²) in [6, 6.07) is 8.67. The van der Waals surface area contributed by atoms with Crippen LogP contribution in [0.25, 0.3) is 11.0 Å². The largest absolute Gasteiger partial charge is 0.342 e. The lowest BCUT2D eigenvalue weighted by atomic mass is 9.65. The Morgan fingerprint density at radius 3 is 2.88 bits per heavy atom. The molecule has 0 amide bonds. The molecular weight excluding hydrogens is 210 g/mol. The van der Waals surface area contributed by atoms with Crippen LogP contribution >= 0.6 is 0 Å². The summed E-state index contributed by atoms with van der Waals surface area (Å²) in [6.07, 6.45) is 4.05. The van der Waals surface area contributed by atoms with E-state index in [0.717, 1.165) is 48.1 Å². The van der Waals surface area contributed by atoms with Crippen molar-refractivity contribution in [2.24, 2.45) is 0 Å². The van der Waals surface area contributed by atoms with Crippen molar-refractivity contribution in [1.82, 2.24) is 9.97 Å². The van der Waals surface area contributed by atoms with E-state index in [4.69, 9.17) is 0 Å². The minimum absolute atomic E-state index is 0.230. The maximum absolute atomic E-state index is 9.34. The number of hydrogen-bond acceptors (Lipinski definition) is 2. The summed E-state index contributed by atoms with van der Waals surface area (Å²) in [4.78, 5) is 7.80. The molecule has 0 atom stereocenters. The Bertz CT molecular complexity index is 599. The molecule has 2 aromatic rings. The fraction of sp³-hybridized carbons (Fsp3) is 0.429. The molecule has 1 aromatic carbocycles. The zero-order valence-corrected chi connectivity index (χ0v) is 9.95. The zero-order valence-electron chi connectivity index (χ0n) is 9.95. The predicted molar refractivity (Wildman–Crippen MR) is 66.6 cm³/mol. The summed E-state index contributed by atoms with van der Waals surface area (Å²) in [6.45, 7) is 2.08. The molecule has 0 spiro atoms. The van der Waals surface area contributed by atoms with Crippen molar-refractivity contribution < 1.29 is 0 Å². The first kappa shape index (κ1) is 10.3. The molecule has 3 nitrogen and oxygen atoms in total. The number of aromatic nitrogens is 2. The van der Waals surface area contributed by atoms with Crippen LogP contribution in [0.2, 0.25) is 0 Å². The molecule has 0 aliphatic heterocycles. The number of benzene rings is 1. The average Bonchev–Trinajstić information content (AvgIpc) is 2.70. The molecule has 1 heterocycles. The van der Waals surface area contributed by atoms with Gasteiger partial charge in [-0.3, -0.25) is 0 Å². The zero-order chi connectivity index (χ0) is 11.9. The fourth-order valence-corrected chi connectivity index (χ4v) is 2.52. The second-order valence-corrected chi connectivity index (χ2v) is 4.82. The molecule has 1 aliphatic rings. The molecule has 0 saturated heterocycles. The van der Waals surface area contributed by atoms with E-state index in [9.17, 15) is 5.26 Å². The predicted octanol–water partition coefficient (Wildman–Crippen LogP) is 3.07. The minimum Gasteiger partial charge on any atom is -0.342 e. The Morgan fingerprint density at radius 1 is 1.47 bits per heavy atom. The molecular formula is C14H15N3. The van der Waals surface area contributed by atoms with Crippen LogP contribution in [0.1, 0.15) is 37.6 Å². The van der Waals surface area contributed by atoms with Crippen molar-refractivity contribution in [2.45, 2.75) is 38.0 Å². The van der Waals surface area contributed by atoms with Crippen LogP contribution in [0.15, 0.2) is 18.2 Å². The van der Waals surface area contributed by atoms with Gasteiger partial charge in [-0.2, -0.15) is 5.26 Å². The Morgan fingerprint density at radius 2 is 2.29 bits per heavy atom. The van der Waals surface area contributed by atoms with Gasteiger partial charge in [0.15, 0.2) is 0 Å². The molecule has 0 bridgehead atoms. The van der Waals surface area contributed by atoms with E-state index in [0.29, 0.717) is 0 Å². The van der Waals surface area contributed by atoms with Gasteiger partial charge in [0.2, 0.25) is 0 Å². The highest BCUT2D eigenvalue weighted by atomic mass is 14.9. The molecule has 1 saturated carbocycles. The number of nitrogens with one attached hydrogen (secondary N) is 1. The number of H-pyrrole nitrogens is 1. The highest BCUT2D eigenvalue weighted by molar-refractivity contribution is 5.76. The molecule has 3 rings (SSSR count). The summed E-state index contributed by atoms with van der Waals surface area (Å²) < 4.78 is 0. The van der Waals surface area contributed by atoms with E-state index in [1.54, 1.807) is 0 Å². The van der Waals surface area contributed by atoms with Gasteiger partial charge in [0.1, 0.15) is 5.82 Å². The van der Waals surface area contributed by atoms with Crippen molar-refractivity contribution in [1.29, 1.82) is 5.26 Å². The monoisotopic (exact) mass is 225 g/mol. The third kappa shape index (κ3) is 1.44. The van der Waals surface area contributed by atoms with E-state index < -0.39 is 0 Å². The normalized spacial score (nSPS) is 17.6. The Balaban J connectivity index is 2.10. The van der Waals surface area contributed by atoms with Crippen molar-refractivity contribution in [2.75, 3.05) is 0 Å². The van der Waals surface area contributed by atoms with Crippen LogP contribution in [-0.2, 0) is 11.8 Å². The van der Waals surface area contributed by atoms with Gasteiger partial charge in [0.05, 0.1) is 22.5 Å². The number of aryl methyl sites for hydroxylation is 1. The van der Waals surface area contributed by atoms with Gasteiger partial charge in [-0.15, -0.1) is 0 Å². The number of fused-ring (bicyclic) bond motifs is 1. The van der Waals surface area contributed by atoms with E-state index in [1.165, 1.54) is 0 Å². The minimum atomic E-state index is -0.230. The van der Waals surface area contributed by atoms with Gasteiger partial charge in [-0.1, -0.05) is 13.0 Å². The SMILES string of the molecule is CCc1nc2ccc(C3(C#N)CCC3)cc2[nH]1. The molecule has 1 aliphatic carbocycles. The summed E-state index contributed by atoms with van der Waals surface area (Å²) >= 11 is 0. The number of hydrogen-bond donors (Lipinski definition) is 1.